The van der Waals surface area contributed by atoms with Crippen LogP contribution in [0.2, 0.25) is 0 Å². The molecule has 2 N–H and O–H groups in total. The predicted molar refractivity (Wildman–Crippen MR) is 112 cm³/mol. The zero-order chi connectivity index (χ0) is 20.7. The Balaban J connectivity index is 1.70. The van der Waals surface area contributed by atoms with Gasteiger partial charge in [0.25, 0.3) is 5.91 Å². The Hall–Kier alpha value is -2.37. The molecule has 29 heavy (non-hydrogen) atoms. The number of benzene rings is 1. The highest BCUT2D eigenvalue weighted by Gasteiger charge is 2.52. The number of rotatable bonds is 7. The normalized spacial score (nSPS) is 23.4. The van der Waals surface area contributed by atoms with Gasteiger partial charge in [-0.2, -0.15) is 0 Å². The molecule has 1 saturated heterocycles. The Kier molecular flexibility index (Phi) is 7.29. The SMILES string of the molecule is CCCCC1(c2ccccc2)NC(=O)N(CC(=O)NC2CCCCCCC2)C1=O. The van der Waals surface area contributed by atoms with Crippen molar-refractivity contribution in [2.24, 2.45) is 0 Å². The second-order valence-electron chi connectivity index (χ2n) is 8.31. The van der Waals surface area contributed by atoms with E-state index in [9.17, 15) is 14.4 Å². The van der Waals surface area contributed by atoms with Crippen LogP contribution in [0.4, 0.5) is 4.79 Å². The van der Waals surface area contributed by atoms with Crippen LogP contribution < -0.4 is 10.6 Å². The number of urea groups is 1. The van der Waals surface area contributed by atoms with Gasteiger partial charge in [-0.1, -0.05) is 82.2 Å². The van der Waals surface area contributed by atoms with Gasteiger partial charge < -0.3 is 10.6 Å². The highest BCUT2D eigenvalue weighted by atomic mass is 16.2. The van der Waals surface area contributed by atoms with E-state index in [1.54, 1.807) is 0 Å². The lowest BCUT2D eigenvalue weighted by molar-refractivity contribution is -0.135. The number of hydrogen-bond acceptors (Lipinski definition) is 3. The predicted octanol–water partition coefficient (Wildman–Crippen LogP) is 3.85. The number of nitrogens with one attached hydrogen (secondary N) is 2. The molecule has 1 aliphatic heterocycles. The number of hydrogen-bond donors (Lipinski definition) is 2. The van der Waals surface area contributed by atoms with E-state index >= 15 is 0 Å². The lowest BCUT2D eigenvalue weighted by Gasteiger charge is -2.27. The highest BCUT2D eigenvalue weighted by Crippen LogP contribution is 2.34. The Labute approximate surface area is 173 Å². The average Bonchev–Trinajstić information content (AvgIpc) is 2.94. The fourth-order valence-electron chi connectivity index (χ4n) is 4.46. The van der Waals surface area contributed by atoms with Gasteiger partial charge >= 0.3 is 6.03 Å². The smallest absolute Gasteiger partial charge is 0.325 e. The fourth-order valence-corrected chi connectivity index (χ4v) is 4.46. The van der Waals surface area contributed by atoms with Gasteiger partial charge in [0, 0.05) is 6.04 Å². The fraction of sp³-hybridized carbons (Fsp3) is 0.609. The van der Waals surface area contributed by atoms with Crippen LogP contribution in [0.1, 0.15) is 76.7 Å². The van der Waals surface area contributed by atoms with Crippen molar-refractivity contribution >= 4 is 17.8 Å². The molecule has 1 aliphatic carbocycles. The largest absolute Gasteiger partial charge is 0.352 e. The molecule has 1 unspecified atom stereocenters. The minimum Gasteiger partial charge on any atom is -0.352 e. The van der Waals surface area contributed by atoms with Crippen molar-refractivity contribution in [2.45, 2.75) is 82.7 Å². The summed E-state index contributed by atoms with van der Waals surface area (Å²) in [5.74, 6) is -0.576. The second-order valence-corrected chi connectivity index (χ2v) is 8.31. The molecule has 0 spiro atoms. The molecule has 158 valence electrons. The van der Waals surface area contributed by atoms with E-state index in [1.807, 2.05) is 30.3 Å². The molecule has 2 fully saturated rings. The first-order valence-electron chi connectivity index (χ1n) is 11.1. The maximum Gasteiger partial charge on any atom is 0.325 e. The van der Waals surface area contributed by atoms with Crippen molar-refractivity contribution in [2.75, 3.05) is 6.54 Å². The minimum atomic E-state index is -1.07. The van der Waals surface area contributed by atoms with Crippen molar-refractivity contribution in [1.82, 2.24) is 15.5 Å². The van der Waals surface area contributed by atoms with Gasteiger partial charge in [-0.15, -0.1) is 0 Å². The van der Waals surface area contributed by atoms with Crippen LogP contribution in [0, 0.1) is 0 Å². The molecule has 0 bridgehead atoms. The standard InChI is InChI=1S/C23H33N3O3/c1-2-3-16-23(18-12-8-7-9-13-18)21(28)26(22(29)25-23)17-20(27)24-19-14-10-5-4-6-11-15-19/h7-9,12-13,19H,2-6,10-11,14-17H2,1H3,(H,24,27)(H,25,29). The molecule has 3 rings (SSSR count). The first-order valence-corrected chi connectivity index (χ1v) is 11.1. The van der Waals surface area contributed by atoms with Gasteiger partial charge in [0.2, 0.25) is 5.91 Å². The molecular formula is C23H33N3O3. The van der Waals surface area contributed by atoms with Gasteiger partial charge in [0.05, 0.1) is 0 Å². The maximum absolute atomic E-state index is 13.3. The number of imide groups is 1. The van der Waals surface area contributed by atoms with Crippen molar-refractivity contribution in [3.63, 3.8) is 0 Å². The number of carbonyl (C=O) groups is 3. The maximum atomic E-state index is 13.3. The summed E-state index contributed by atoms with van der Waals surface area (Å²) in [6.45, 7) is 1.84. The van der Waals surface area contributed by atoms with Crippen molar-refractivity contribution in [3.8, 4) is 0 Å². The van der Waals surface area contributed by atoms with Gasteiger partial charge in [0.15, 0.2) is 0 Å². The molecule has 0 radical (unpaired) electrons. The topological polar surface area (TPSA) is 78.5 Å². The van der Waals surface area contributed by atoms with E-state index in [1.165, 1.54) is 19.3 Å². The number of unbranched alkanes of at least 4 members (excludes halogenated alkanes) is 1. The molecule has 1 saturated carbocycles. The molecule has 6 nitrogen and oxygen atoms in total. The molecule has 0 aromatic heterocycles. The zero-order valence-electron chi connectivity index (χ0n) is 17.4. The van der Waals surface area contributed by atoms with E-state index in [0.29, 0.717) is 6.42 Å². The van der Waals surface area contributed by atoms with E-state index in [-0.39, 0.29) is 24.4 Å². The van der Waals surface area contributed by atoms with Gasteiger partial charge in [0.1, 0.15) is 12.1 Å². The Morgan fingerprint density at radius 3 is 2.41 bits per heavy atom. The van der Waals surface area contributed by atoms with Crippen molar-refractivity contribution in [1.29, 1.82) is 0 Å². The molecule has 1 atom stereocenters. The Bertz CT molecular complexity index is 713. The Morgan fingerprint density at radius 1 is 1.10 bits per heavy atom. The number of carbonyl (C=O) groups excluding carboxylic acids is 3. The highest BCUT2D eigenvalue weighted by molar-refractivity contribution is 6.09. The first kappa shape index (κ1) is 21.3. The van der Waals surface area contributed by atoms with E-state index in [4.69, 9.17) is 0 Å². The first-order chi connectivity index (χ1) is 14.1. The minimum absolute atomic E-state index is 0.141. The number of amides is 4. The molecule has 4 amide bonds. The Morgan fingerprint density at radius 2 is 1.76 bits per heavy atom. The molecule has 1 aromatic carbocycles. The van der Waals surface area contributed by atoms with E-state index in [2.05, 4.69) is 17.6 Å². The quantitative estimate of drug-likeness (QED) is 0.684. The molecule has 1 aromatic rings. The lowest BCUT2D eigenvalue weighted by Crippen LogP contribution is -2.46. The van der Waals surface area contributed by atoms with Crippen LogP contribution in [-0.4, -0.2) is 35.3 Å². The molecule has 2 aliphatic rings. The molecular weight excluding hydrogens is 366 g/mol. The van der Waals surface area contributed by atoms with E-state index in [0.717, 1.165) is 49.0 Å². The molecule has 6 heteroatoms. The third-order valence-electron chi connectivity index (χ3n) is 6.12. The van der Waals surface area contributed by atoms with Crippen LogP contribution in [0.5, 0.6) is 0 Å². The zero-order valence-corrected chi connectivity index (χ0v) is 17.4. The van der Waals surface area contributed by atoms with Crippen LogP contribution >= 0.6 is 0 Å². The van der Waals surface area contributed by atoms with Crippen LogP contribution in [0.25, 0.3) is 0 Å². The summed E-state index contributed by atoms with van der Waals surface area (Å²) in [4.78, 5) is 39.7. The molecule has 1 heterocycles. The van der Waals surface area contributed by atoms with Gasteiger partial charge in [-0.3, -0.25) is 14.5 Å². The summed E-state index contributed by atoms with van der Waals surface area (Å²) in [6, 6.07) is 9.01. The summed E-state index contributed by atoms with van der Waals surface area (Å²) in [6.07, 6.45) is 10.1. The van der Waals surface area contributed by atoms with Crippen LogP contribution in [0.15, 0.2) is 30.3 Å². The summed E-state index contributed by atoms with van der Waals surface area (Å²) in [5.41, 5.74) is -0.302. The summed E-state index contributed by atoms with van der Waals surface area (Å²) < 4.78 is 0. The average molecular weight is 400 g/mol. The second kappa shape index (κ2) is 9.90. The lowest BCUT2D eigenvalue weighted by atomic mass is 9.85. The summed E-state index contributed by atoms with van der Waals surface area (Å²) in [7, 11) is 0. The van der Waals surface area contributed by atoms with Crippen LogP contribution in [0.3, 0.4) is 0 Å². The third-order valence-corrected chi connectivity index (χ3v) is 6.12. The monoisotopic (exact) mass is 399 g/mol. The van der Waals surface area contributed by atoms with Crippen molar-refractivity contribution in [3.05, 3.63) is 35.9 Å². The summed E-state index contributed by atoms with van der Waals surface area (Å²) in [5, 5.41) is 5.96. The van der Waals surface area contributed by atoms with Crippen LogP contribution in [-0.2, 0) is 15.1 Å². The third kappa shape index (κ3) is 4.98. The van der Waals surface area contributed by atoms with Gasteiger partial charge in [-0.05, 0) is 24.8 Å². The van der Waals surface area contributed by atoms with Crippen molar-refractivity contribution < 1.29 is 14.4 Å². The summed E-state index contributed by atoms with van der Waals surface area (Å²) >= 11 is 0. The van der Waals surface area contributed by atoms with Gasteiger partial charge in [-0.25, -0.2) is 4.79 Å². The van der Waals surface area contributed by atoms with E-state index < -0.39 is 11.6 Å². The number of nitrogens with zero attached hydrogens (tertiary/aromatic N) is 1.